The maximum Gasteiger partial charge on any atom is 0.303 e. The van der Waals surface area contributed by atoms with Crippen LogP contribution in [0.25, 0.3) is 0 Å². The van der Waals surface area contributed by atoms with Crippen LogP contribution >= 0.6 is 0 Å². The summed E-state index contributed by atoms with van der Waals surface area (Å²) < 4.78 is 6.49. The molecule has 0 heterocycles. The van der Waals surface area contributed by atoms with E-state index in [9.17, 15) is 19.2 Å². The molecule has 0 radical (unpaired) electrons. The largest absolute Gasteiger partial charge is 0.481 e. The average Bonchev–Trinajstić information content (AvgIpc) is 2.69. The summed E-state index contributed by atoms with van der Waals surface area (Å²) >= 11 is 0. The Balaban J connectivity index is 4.02. The minimum absolute atomic E-state index is 0.237. The molecule has 2 N–H and O–H groups in total. The molecular weight excluding hydrogens is 480 g/mol. The fourth-order valence-corrected chi connectivity index (χ4v) is 13.4. The predicted octanol–water partition coefficient (Wildman–Crippen LogP) is 6.96. The first kappa shape index (κ1) is 33.7. The molecule has 0 aromatic heterocycles. The van der Waals surface area contributed by atoms with E-state index < -0.39 is 28.6 Å². The Hall–Kier alpha value is -1.33. The van der Waals surface area contributed by atoms with Crippen molar-refractivity contribution < 1.29 is 33.5 Å². The van der Waals surface area contributed by atoms with E-state index >= 15 is 0 Å². The van der Waals surface area contributed by atoms with Crippen LogP contribution in [-0.2, 0) is 23.3 Å². The third kappa shape index (κ3) is 22.9. The van der Waals surface area contributed by atoms with Crippen LogP contribution in [0.1, 0.15) is 103 Å². The molecule has 0 aliphatic carbocycles. The number of unbranched alkanes of at least 4 members (excludes halogenated alkanes) is 10. The second-order valence-corrected chi connectivity index (χ2v) is 19.6. The first-order valence-electron chi connectivity index (χ1n) is 13.5. The van der Waals surface area contributed by atoms with Gasteiger partial charge in [0.15, 0.2) is 16.6 Å². The molecule has 0 rings (SSSR count). The lowest BCUT2D eigenvalue weighted by atomic mass is 10.1. The fraction of sp³-hybridized carbons (Fsp3) is 0.846. The number of hydrogen-bond donors (Lipinski definition) is 2. The van der Waals surface area contributed by atoms with Gasteiger partial charge in [-0.25, -0.2) is 0 Å². The van der Waals surface area contributed by atoms with Crippen LogP contribution in [0.15, 0.2) is 0 Å². The SMILES string of the molecule is C[Si](C)(CC(=O)CCCCCCCCC(=O)O)O[Si](C)(C)CC(=O)CCCCCCCCC(=O)O. The average molecular weight is 531 g/mol. The van der Waals surface area contributed by atoms with Gasteiger partial charge in [0.25, 0.3) is 0 Å². The molecule has 35 heavy (non-hydrogen) atoms. The molecule has 0 spiro atoms. The maximum absolute atomic E-state index is 12.5. The van der Waals surface area contributed by atoms with E-state index in [1.165, 1.54) is 0 Å². The van der Waals surface area contributed by atoms with Gasteiger partial charge >= 0.3 is 11.9 Å². The van der Waals surface area contributed by atoms with Crippen molar-refractivity contribution in [2.24, 2.45) is 0 Å². The van der Waals surface area contributed by atoms with Gasteiger partial charge in [-0.1, -0.05) is 51.4 Å². The first-order valence-corrected chi connectivity index (χ1v) is 19.7. The summed E-state index contributed by atoms with van der Waals surface area (Å²) in [7, 11) is -4.34. The minimum Gasteiger partial charge on any atom is -0.481 e. The molecule has 9 heteroatoms. The van der Waals surface area contributed by atoms with Crippen LogP contribution < -0.4 is 0 Å². The zero-order valence-electron chi connectivity index (χ0n) is 22.7. The van der Waals surface area contributed by atoms with Crippen LogP contribution in [0.4, 0.5) is 0 Å². The second-order valence-electron chi connectivity index (χ2n) is 11.1. The number of carboxylic acids is 2. The Bertz CT molecular complexity index is 594. The summed E-state index contributed by atoms with van der Waals surface area (Å²) in [5.41, 5.74) is 0. The smallest absolute Gasteiger partial charge is 0.303 e. The van der Waals surface area contributed by atoms with E-state index in [4.69, 9.17) is 14.3 Å². The Labute approximate surface area is 214 Å². The molecule has 0 saturated heterocycles. The highest BCUT2D eigenvalue weighted by Crippen LogP contribution is 2.24. The summed E-state index contributed by atoms with van der Waals surface area (Å²) in [5.74, 6) is -0.962. The van der Waals surface area contributed by atoms with Gasteiger partial charge in [-0.2, -0.15) is 0 Å². The van der Waals surface area contributed by atoms with Gasteiger partial charge in [0, 0.05) is 37.8 Å². The normalized spacial score (nSPS) is 12.0. The highest BCUT2D eigenvalue weighted by atomic mass is 28.4. The number of ketones is 2. The van der Waals surface area contributed by atoms with Crippen LogP contribution in [-0.4, -0.2) is 50.4 Å². The van der Waals surface area contributed by atoms with Crippen LogP contribution in [0.5, 0.6) is 0 Å². The van der Waals surface area contributed by atoms with Crippen molar-refractivity contribution in [1.82, 2.24) is 0 Å². The molecule has 0 aromatic rings. The standard InChI is InChI=1S/C26H50O7Si2/c1-34(2,21-23(27)17-13-9-5-7-11-15-19-25(29)30)33-35(3,4)22-24(28)18-14-10-6-8-12-16-20-26(31)32/h5-22H2,1-4H3,(H,29,30)(H,31,32). The number of carboxylic acid groups (broad SMARTS) is 2. The van der Waals surface area contributed by atoms with E-state index in [-0.39, 0.29) is 24.4 Å². The third-order valence-corrected chi connectivity index (χ3v) is 12.9. The zero-order chi connectivity index (χ0) is 26.7. The first-order chi connectivity index (χ1) is 16.3. The number of carbonyl (C=O) groups excluding carboxylic acids is 2. The molecule has 0 unspecified atom stereocenters. The summed E-state index contributed by atoms with van der Waals surface area (Å²) in [6, 6.07) is 0.996. The molecule has 7 nitrogen and oxygen atoms in total. The second kappa shape index (κ2) is 18.9. The van der Waals surface area contributed by atoms with Crippen molar-refractivity contribution in [3.8, 4) is 0 Å². The Kier molecular flexibility index (Phi) is 18.2. The molecule has 0 bridgehead atoms. The van der Waals surface area contributed by atoms with Crippen LogP contribution in [0.3, 0.4) is 0 Å². The van der Waals surface area contributed by atoms with Crippen molar-refractivity contribution in [2.45, 2.75) is 141 Å². The summed E-state index contributed by atoms with van der Waals surface area (Å²) in [6.07, 6.45) is 12.8. The molecule has 0 amide bonds. The zero-order valence-corrected chi connectivity index (χ0v) is 24.7. The molecule has 0 aliphatic rings. The van der Waals surface area contributed by atoms with E-state index in [0.717, 1.165) is 77.0 Å². The number of carbonyl (C=O) groups is 4. The van der Waals surface area contributed by atoms with Crippen molar-refractivity contribution in [3.63, 3.8) is 0 Å². The van der Waals surface area contributed by atoms with Crippen LogP contribution in [0.2, 0.25) is 38.3 Å². The van der Waals surface area contributed by atoms with Gasteiger partial charge < -0.3 is 14.3 Å². The van der Waals surface area contributed by atoms with Crippen molar-refractivity contribution in [3.05, 3.63) is 0 Å². The lowest BCUT2D eigenvalue weighted by Gasteiger charge is -2.33. The van der Waals surface area contributed by atoms with E-state index in [1.54, 1.807) is 0 Å². The van der Waals surface area contributed by atoms with Gasteiger partial charge in [0.1, 0.15) is 11.6 Å². The molecule has 0 aromatic carbocycles. The van der Waals surface area contributed by atoms with Crippen LogP contribution in [0, 0.1) is 0 Å². The van der Waals surface area contributed by atoms with Crippen molar-refractivity contribution >= 4 is 40.1 Å². The van der Waals surface area contributed by atoms with Gasteiger partial charge in [0.2, 0.25) is 0 Å². The summed E-state index contributed by atoms with van der Waals surface area (Å²) in [4.78, 5) is 46.0. The summed E-state index contributed by atoms with van der Waals surface area (Å²) in [5, 5.41) is 17.3. The monoisotopic (exact) mass is 530 g/mol. The predicted molar refractivity (Wildman–Crippen MR) is 145 cm³/mol. The maximum atomic E-state index is 12.5. The Morgan fingerprint density at radius 3 is 1.03 bits per heavy atom. The summed E-state index contributed by atoms with van der Waals surface area (Å²) in [6.45, 7) is 8.32. The molecule has 0 saturated carbocycles. The minimum atomic E-state index is -2.17. The number of Topliss-reactive ketones (excluding diaryl/α,β-unsaturated/α-hetero) is 2. The number of rotatable bonds is 24. The molecule has 0 fully saturated rings. The fourth-order valence-electron chi connectivity index (χ4n) is 4.56. The molecular formula is C26H50O7Si2. The van der Waals surface area contributed by atoms with E-state index in [1.807, 2.05) is 0 Å². The number of hydrogen-bond acceptors (Lipinski definition) is 5. The third-order valence-electron chi connectivity index (χ3n) is 5.99. The van der Waals surface area contributed by atoms with Gasteiger partial charge in [0.05, 0.1) is 0 Å². The Morgan fingerprint density at radius 2 is 0.743 bits per heavy atom. The number of aliphatic carboxylic acids is 2. The highest BCUT2D eigenvalue weighted by Gasteiger charge is 2.35. The lowest BCUT2D eigenvalue weighted by Crippen LogP contribution is -2.46. The van der Waals surface area contributed by atoms with Gasteiger partial charge in [-0.15, -0.1) is 0 Å². The highest BCUT2D eigenvalue weighted by molar-refractivity contribution is 6.87. The topological polar surface area (TPSA) is 118 Å². The molecule has 204 valence electrons. The van der Waals surface area contributed by atoms with Crippen molar-refractivity contribution in [1.29, 1.82) is 0 Å². The van der Waals surface area contributed by atoms with E-state index in [0.29, 0.717) is 24.9 Å². The van der Waals surface area contributed by atoms with Gasteiger partial charge in [-0.3, -0.25) is 19.2 Å². The molecule has 0 atom stereocenters. The van der Waals surface area contributed by atoms with Gasteiger partial charge in [-0.05, 0) is 51.9 Å². The van der Waals surface area contributed by atoms with Crippen molar-refractivity contribution in [2.75, 3.05) is 0 Å². The quantitative estimate of drug-likeness (QED) is 0.102. The Morgan fingerprint density at radius 1 is 0.486 bits per heavy atom. The van der Waals surface area contributed by atoms with E-state index in [2.05, 4.69) is 26.2 Å². The lowest BCUT2D eigenvalue weighted by molar-refractivity contribution is -0.138. The molecule has 0 aliphatic heterocycles.